The molecule has 0 atom stereocenters. The summed E-state index contributed by atoms with van der Waals surface area (Å²) in [5.41, 5.74) is 2.87. The van der Waals surface area contributed by atoms with E-state index in [9.17, 15) is 17.6 Å². The number of aryl methyl sites for hydroxylation is 2. The number of anilines is 1. The summed E-state index contributed by atoms with van der Waals surface area (Å²) in [4.78, 5) is 17.5. The lowest BCUT2D eigenvalue weighted by molar-refractivity contribution is 0.0998. The van der Waals surface area contributed by atoms with E-state index in [4.69, 9.17) is 0 Å². The molecule has 0 radical (unpaired) electrons. The number of carbonyl (C=O) groups is 1. The van der Waals surface area contributed by atoms with Gasteiger partial charge in [-0.15, -0.1) is 0 Å². The number of nitrogens with zero attached hydrogens (tertiary/aromatic N) is 2. The Balaban J connectivity index is 1.58. The second-order valence-corrected chi connectivity index (χ2v) is 9.81. The van der Waals surface area contributed by atoms with Crippen LogP contribution in [0.25, 0.3) is 10.2 Å². The van der Waals surface area contributed by atoms with E-state index in [1.165, 1.54) is 53.3 Å². The van der Waals surface area contributed by atoms with Crippen LogP contribution in [-0.4, -0.2) is 18.9 Å². The van der Waals surface area contributed by atoms with Crippen molar-refractivity contribution >= 4 is 43.2 Å². The van der Waals surface area contributed by atoms with Gasteiger partial charge in [-0.25, -0.2) is 12.8 Å². The Bertz CT molecular complexity index is 1470. The zero-order chi connectivity index (χ0) is 22.9. The van der Waals surface area contributed by atoms with Crippen LogP contribution in [0, 0.1) is 5.82 Å². The lowest BCUT2D eigenvalue weighted by atomic mass is 10.1. The largest absolute Gasteiger partial charge is 0.319 e. The SMILES string of the molecule is CCc1cccc2sc(=NC(=O)c3ccc(NS(=O)(=O)c4ccc(F)cc4)cc3)n(C)c12. The highest BCUT2D eigenvalue weighted by Crippen LogP contribution is 2.21. The molecule has 1 heterocycles. The number of hydrogen-bond acceptors (Lipinski definition) is 4. The quantitative estimate of drug-likeness (QED) is 0.468. The second kappa shape index (κ2) is 8.68. The van der Waals surface area contributed by atoms with Crippen molar-refractivity contribution in [3.8, 4) is 0 Å². The van der Waals surface area contributed by atoms with Gasteiger partial charge in [-0.2, -0.15) is 4.99 Å². The molecule has 9 heteroatoms. The fourth-order valence-corrected chi connectivity index (χ4v) is 5.46. The van der Waals surface area contributed by atoms with Gasteiger partial charge in [-0.05, 0) is 66.6 Å². The minimum absolute atomic E-state index is 0.0576. The topological polar surface area (TPSA) is 80.5 Å². The van der Waals surface area contributed by atoms with Crippen LogP contribution >= 0.6 is 11.3 Å². The highest BCUT2D eigenvalue weighted by molar-refractivity contribution is 7.92. The Kier molecular flexibility index (Phi) is 5.94. The minimum Gasteiger partial charge on any atom is -0.319 e. The predicted octanol–water partition coefficient (Wildman–Crippen LogP) is 4.48. The highest BCUT2D eigenvalue weighted by Gasteiger charge is 2.15. The average Bonchev–Trinajstić information content (AvgIpc) is 3.09. The number of halogens is 1. The van der Waals surface area contributed by atoms with Crippen molar-refractivity contribution in [2.24, 2.45) is 12.0 Å². The van der Waals surface area contributed by atoms with Crippen molar-refractivity contribution in [3.63, 3.8) is 0 Å². The molecule has 1 N–H and O–H groups in total. The third-order valence-corrected chi connectivity index (χ3v) is 7.49. The zero-order valence-corrected chi connectivity index (χ0v) is 19.0. The molecule has 6 nitrogen and oxygen atoms in total. The van der Waals surface area contributed by atoms with E-state index in [1.807, 2.05) is 23.7 Å². The summed E-state index contributed by atoms with van der Waals surface area (Å²) in [5, 5.41) is 0. The number of aromatic nitrogens is 1. The van der Waals surface area contributed by atoms with Crippen LogP contribution in [0.15, 0.2) is 76.6 Å². The maximum absolute atomic E-state index is 13.0. The van der Waals surface area contributed by atoms with Gasteiger partial charge in [-0.1, -0.05) is 30.4 Å². The second-order valence-electron chi connectivity index (χ2n) is 7.11. The first-order valence-electron chi connectivity index (χ1n) is 9.83. The van der Waals surface area contributed by atoms with E-state index in [0.29, 0.717) is 10.4 Å². The van der Waals surface area contributed by atoms with Crippen LogP contribution in [0.5, 0.6) is 0 Å². The Morgan fingerprint density at radius 1 is 1.06 bits per heavy atom. The first-order valence-corrected chi connectivity index (χ1v) is 12.1. The molecule has 0 unspecified atom stereocenters. The van der Waals surface area contributed by atoms with E-state index >= 15 is 0 Å². The van der Waals surface area contributed by atoms with Gasteiger partial charge in [-0.3, -0.25) is 9.52 Å². The van der Waals surface area contributed by atoms with Crippen molar-refractivity contribution in [3.05, 3.63) is 88.5 Å². The predicted molar refractivity (Wildman–Crippen MR) is 124 cm³/mol. The normalized spacial score (nSPS) is 12.3. The molecular formula is C23H20FN3O3S2. The summed E-state index contributed by atoms with van der Waals surface area (Å²) >= 11 is 1.44. The molecule has 1 amide bonds. The summed E-state index contributed by atoms with van der Waals surface area (Å²) < 4.78 is 43.3. The molecule has 1 aromatic heterocycles. The number of carbonyl (C=O) groups excluding carboxylic acids is 1. The summed E-state index contributed by atoms with van der Waals surface area (Å²) in [6, 6.07) is 16.6. The fraction of sp³-hybridized carbons (Fsp3) is 0.130. The molecule has 0 fully saturated rings. The van der Waals surface area contributed by atoms with Crippen LogP contribution in [-0.2, 0) is 23.5 Å². The van der Waals surface area contributed by atoms with E-state index < -0.39 is 21.7 Å². The molecule has 32 heavy (non-hydrogen) atoms. The molecule has 4 aromatic rings. The zero-order valence-electron chi connectivity index (χ0n) is 17.4. The van der Waals surface area contributed by atoms with Gasteiger partial charge in [0.15, 0.2) is 4.80 Å². The molecular weight excluding hydrogens is 449 g/mol. The van der Waals surface area contributed by atoms with Crippen molar-refractivity contribution in [1.82, 2.24) is 4.57 Å². The van der Waals surface area contributed by atoms with Gasteiger partial charge in [0, 0.05) is 18.3 Å². The number of sulfonamides is 1. The van der Waals surface area contributed by atoms with E-state index in [2.05, 4.69) is 22.7 Å². The van der Waals surface area contributed by atoms with Crippen molar-refractivity contribution in [2.75, 3.05) is 4.72 Å². The molecule has 164 valence electrons. The van der Waals surface area contributed by atoms with Gasteiger partial charge >= 0.3 is 0 Å². The summed E-state index contributed by atoms with van der Waals surface area (Å²) in [6.45, 7) is 2.08. The smallest absolute Gasteiger partial charge is 0.279 e. The molecule has 0 saturated carbocycles. The third-order valence-electron chi connectivity index (χ3n) is 4.99. The number of rotatable bonds is 5. The number of benzene rings is 3. The Morgan fingerprint density at radius 2 is 1.75 bits per heavy atom. The van der Waals surface area contributed by atoms with Gasteiger partial charge in [0.25, 0.3) is 15.9 Å². The van der Waals surface area contributed by atoms with Gasteiger partial charge < -0.3 is 4.57 Å². The van der Waals surface area contributed by atoms with Crippen molar-refractivity contribution in [2.45, 2.75) is 18.2 Å². The molecule has 4 rings (SSSR count). The molecule has 0 spiro atoms. The average molecular weight is 470 g/mol. The lowest BCUT2D eigenvalue weighted by Crippen LogP contribution is -2.14. The highest BCUT2D eigenvalue weighted by atomic mass is 32.2. The van der Waals surface area contributed by atoms with Crippen LogP contribution in [0.4, 0.5) is 10.1 Å². The molecule has 0 saturated heterocycles. The first kappa shape index (κ1) is 21.9. The molecule has 3 aromatic carbocycles. The van der Waals surface area contributed by atoms with Crippen molar-refractivity contribution in [1.29, 1.82) is 0 Å². The van der Waals surface area contributed by atoms with E-state index in [-0.39, 0.29) is 10.6 Å². The molecule has 0 bridgehead atoms. The minimum atomic E-state index is -3.87. The van der Waals surface area contributed by atoms with E-state index in [0.717, 1.165) is 28.8 Å². The Labute approximate surface area is 188 Å². The molecule has 0 aliphatic heterocycles. The van der Waals surface area contributed by atoms with Crippen LogP contribution in [0.1, 0.15) is 22.8 Å². The lowest BCUT2D eigenvalue weighted by Gasteiger charge is -2.08. The Hall–Kier alpha value is -3.30. The Morgan fingerprint density at radius 3 is 2.41 bits per heavy atom. The third kappa shape index (κ3) is 4.35. The standard InChI is InChI=1S/C23H20FN3O3S2/c1-3-15-5-4-6-20-21(15)27(2)23(31-20)25-22(28)16-7-11-18(12-8-16)26-32(29,30)19-13-9-17(24)10-14-19/h4-14,26H,3H2,1-2H3. The monoisotopic (exact) mass is 469 g/mol. The maximum atomic E-state index is 13.0. The first-order chi connectivity index (χ1) is 15.3. The summed E-state index contributed by atoms with van der Waals surface area (Å²) in [6.07, 6.45) is 0.880. The number of thiazole rings is 1. The number of nitrogens with one attached hydrogen (secondary N) is 1. The van der Waals surface area contributed by atoms with Gasteiger partial charge in [0.1, 0.15) is 5.82 Å². The van der Waals surface area contributed by atoms with Crippen molar-refractivity contribution < 1.29 is 17.6 Å². The van der Waals surface area contributed by atoms with Gasteiger partial charge in [0.2, 0.25) is 0 Å². The number of hydrogen-bond donors (Lipinski definition) is 1. The van der Waals surface area contributed by atoms with Crippen LogP contribution < -0.4 is 9.52 Å². The van der Waals surface area contributed by atoms with Crippen LogP contribution in [0.2, 0.25) is 0 Å². The number of para-hydroxylation sites is 1. The summed E-state index contributed by atoms with van der Waals surface area (Å²) in [7, 11) is -1.98. The number of fused-ring (bicyclic) bond motifs is 1. The number of amides is 1. The maximum Gasteiger partial charge on any atom is 0.279 e. The van der Waals surface area contributed by atoms with Crippen LogP contribution in [0.3, 0.4) is 0 Å². The van der Waals surface area contributed by atoms with Gasteiger partial charge in [0.05, 0.1) is 15.1 Å². The summed E-state index contributed by atoms with van der Waals surface area (Å²) in [5.74, 6) is -0.938. The fourth-order valence-electron chi connectivity index (χ4n) is 3.34. The molecule has 0 aliphatic rings. The van der Waals surface area contributed by atoms with E-state index in [1.54, 1.807) is 0 Å². The molecule has 0 aliphatic carbocycles.